The highest BCUT2D eigenvalue weighted by atomic mass is 19.4. The lowest BCUT2D eigenvalue weighted by molar-refractivity contribution is -0.174. The lowest BCUT2D eigenvalue weighted by atomic mass is 10.3. The minimum Gasteiger partial charge on any atom is -0.370 e. The van der Waals surface area contributed by atoms with Crippen LogP contribution in [-0.2, 0) is 11.3 Å². The van der Waals surface area contributed by atoms with Crippen molar-refractivity contribution in [2.45, 2.75) is 12.7 Å². The summed E-state index contributed by atoms with van der Waals surface area (Å²) in [5.74, 6) is -0.491. The van der Waals surface area contributed by atoms with E-state index in [4.69, 9.17) is 5.73 Å². The summed E-state index contributed by atoms with van der Waals surface area (Å²) < 4.78 is 55.0. The van der Waals surface area contributed by atoms with Gasteiger partial charge in [-0.1, -0.05) is 6.07 Å². The molecule has 1 aromatic carbocycles. The first-order valence-corrected chi connectivity index (χ1v) is 5.43. The third kappa shape index (κ3) is 3.14. The Morgan fingerprint density at radius 1 is 1.32 bits per heavy atom. The summed E-state index contributed by atoms with van der Waals surface area (Å²) in [7, 11) is 0. The van der Waals surface area contributed by atoms with Gasteiger partial charge in [-0.25, -0.2) is 9.37 Å². The van der Waals surface area contributed by atoms with Gasteiger partial charge in [0.05, 0.1) is 12.1 Å². The zero-order valence-corrected chi connectivity index (χ0v) is 9.75. The van der Waals surface area contributed by atoms with Crippen molar-refractivity contribution in [3.05, 3.63) is 24.0 Å². The number of hydrogen-bond acceptors (Lipinski definition) is 3. The Labute approximate surface area is 105 Å². The van der Waals surface area contributed by atoms with Crippen molar-refractivity contribution >= 4 is 17.0 Å². The molecule has 2 aromatic rings. The molecule has 2 rings (SSSR count). The van der Waals surface area contributed by atoms with Gasteiger partial charge in [0, 0.05) is 6.54 Å². The number of anilines is 1. The third-order valence-electron chi connectivity index (χ3n) is 2.48. The molecule has 8 heteroatoms. The molecule has 0 aliphatic carbocycles. The molecular weight excluding hydrogens is 266 g/mol. The Morgan fingerprint density at radius 2 is 2.05 bits per heavy atom. The molecule has 4 nitrogen and oxygen atoms in total. The van der Waals surface area contributed by atoms with E-state index in [2.05, 4.69) is 9.72 Å². The lowest BCUT2D eigenvalue weighted by Gasteiger charge is -2.09. The number of fused-ring (bicyclic) bond motifs is 1. The maximum atomic E-state index is 13.4. The van der Waals surface area contributed by atoms with Crippen LogP contribution >= 0.6 is 0 Å². The molecule has 0 saturated heterocycles. The molecule has 0 bridgehead atoms. The predicted molar refractivity (Wildman–Crippen MR) is 61.0 cm³/mol. The van der Waals surface area contributed by atoms with Crippen LogP contribution in [0.25, 0.3) is 11.0 Å². The van der Waals surface area contributed by atoms with Crippen molar-refractivity contribution in [3.8, 4) is 0 Å². The van der Waals surface area contributed by atoms with Crippen LogP contribution in [0.15, 0.2) is 18.2 Å². The number of rotatable bonds is 4. The van der Waals surface area contributed by atoms with E-state index < -0.39 is 18.6 Å². The van der Waals surface area contributed by atoms with E-state index in [-0.39, 0.29) is 24.6 Å². The van der Waals surface area contributed by atoms with Gasteiger partial charge >= 0.3 is 6.18 Å². The largest absolute Gasteiger partial charge is 0.411 e. The maximum Gasteiger partial charge on any atom is 0.411 e. The number of hydrogen-bond donors (Lipinski definition) is 1. The van der Waals surface area contributed by atoms with E-state index in [9.17, 15) is 17.6 Å². The molecule has 1 aromatic heterocycles. The van der Waals surface area contributed by atoms with Crippen molar-refractivity contribution in [2.75, 3.05) is 18.9 Å². The highest BCUT2D eigenvalue weighted by Gasteiger charge is 2.27. The van der Waals surface area contributed by atoms with Crippen LogP contribution in [-0.4, -0.2) is 28.9 Å². The predicted octanol–water partition coefficient (Wildman–Crippen LogP) is 2.34. The van der Waals surface area contributed by atoms with E-state index in [1.54, 1.807) is 6.07 Å². The van der Waals surface area contributed by atoms with Gasteiger partial charge in [-0.3, -0.25) is 0 Å². The van der Waals surface area contributed by atoms with E-state index in [1.165, 1.54) is 16.7 Å². The molecule has 0 saturated carbocycles. The Balaban J connectivity index is 2.09. The first kappa shape index (κ1) is 13.6. The second-order valence-corrected chi connectivity index (χ2v) is 3.90. The monoisotopic (exact) mass is 277 g/mol. The van der Waals surface area contributed by atoms with Gasteiger partial charge in [-0.2, -0.15) is 13.2 Å². The normalized spacial score (nSPS) is 12.2. The minimum atomic E-state index is -4.37. The molecule has 104 valence electrons. The molecular formula is C11H11F4N3O. The van der Waals surface area contributed by atoms with Crippen LogP contribution in [0.3, 0.4) is 0 Å². The van der Waals surface area contributed by atoms with Crippen LogP contribution in [0.2, 0.25) is 0 Å². The highest BCUT2D eigenvalue weighted by molar-refractivity contribution is 5.78. The van der Waals surface area contributed by atoms with Gasteiger partial charge in [0.15, 0.2) is 5.82 Å². The van der Waals surface area contributed by atoms with Crippen molar-refractivity contribution in [1.82, 2.24) is 9.55 Å². The van der Waals surface area contributed by atoms with Crippen LogP contribution in [0.1, 0.15) is 0 Å². The summed E-state index contributed by atoms with van der Waals surface area (Å²) in [6.45, 7) is -1.44. The standard InChI is InChI=1S/C11H11F4N3O/c12-7-2-1-3-8-9(7)17-10(16)18(8)4-5-19-6-11(13,14)15/h1-3H,4-6H2,(H2,16,17). The molecule has 0 fully saturated rings. The molecule has 2 N–H and O–H groups in total. The fourth-order valence-electron chi connectivity index (χ4n) is 1.71. The Bertz CT molecular complexity index is 579. The lowest BCUT2D eigenvalue weighted by Crippen LogP contribution is -2.19. The number of ether oxygens (including phenoxy) is 1. The number of aromatic nitrogens is 2. The Hall–Kier alpha value is -1.83. The Morgan fingerprint density at radius 3 is 2.74 bits per heavy atom. The average molecular weight is 277 g/mol. The minimum absolute atomic E-state index is 0.0377. The molecule has 0 aliphatic rings. The van der Waals surface area contributed by atoms with Gasteiger partial charge in [0.25, 0.3) is 0 Å². The van der Waals surface area contributed by atoms with Crippen LogP contribution in [0.5, 0.6) is 0 Å². The van der Waals surface area contributed by atoms with Crippen molar-refractivity contribution in [1.29, 1.82) is 0 Å². The third-order valence-corrected chi connectivity index (χ3v) is 2.48. The molecule has 0 radical (unpaired) electrons. The molecule has 0 unspecified atom stereocenters. The molecule has 0 spiro atoms. The number of nitrogen functional groups attached to an aromatic ring is 1. The first-order valence-electron chi connectivity index (χ1n) is 5.43. The number of nitrogens with two attached hydrogens (primary N) is 1. The van der Waals surface area contributed by atoms with Gasteiger partial charge in [-0.05, 0) is 12.1 Å². The van der Waals surface area contributed by atoms with E-state index in [1.807, 2.05) is 0 Å². The number of alkyl halides is 3. The van der Waals surface area contributed by atoms with Crippen LogP contribution in [0.4, 0.5) is 23.5 Å². The number of halogens is 4. The summed E-state index contributed by atoms with van der Waals surface area (Å²) in [5, 5.41) is 0. The van der Waals surface area contributed by atoms with Gasteiger partial charge in [-0.15, -0.1) is 0 Å². The summed E-state index contributed by atoms with van der Waals surface area (Å²) >= 11 is 0. The van der Waals surface area contributed by atoms with E-state index >= 15 is 0 Å². The number of nitrogens with zero attached hydrogens (tertiary/aromatic N) is 2. The SMILES string of the molecule is Nc1nc2c(F)cccc2n1CCOCC(F)(F)F. The average Bonchev–Trinajstić information content (AvgIpc) is 2.62. The summed E-state index contributed by atoms with van der Waals surface area (Å²) in [6, 6.07) is 4.30. The quantitative estimate of drug-likeness (QED) is 0.689. The second kappa shape index (κ2) is 5.04. The summed E-state index contributed by atoms with van der Waals surface area (Å²) in [6.07, 6.45) is -4.37. The van der Waals surface area contributed by atoms with Crippen molar-refractivity contribution in [3.63, 3.8) is 0 Å². The summed E-state index contributed by atoms with van der Waals surface area (Å²) in [5.41, 5.74) is 6.12. The number of para-hydroxylation sites is 1. The zero-order valence-electron chi connectivity index (χ0n) is 9.75. The maximum absolute atomic E-state index is 13.4. The van der Waals surface area contributed by atoms with Gasteiger partial charge in [0.2, 0.25) is 5.95 Å². The zero-order chi connectivity index (χ0) is 14.0. The highest BCUT2D eigenvalue weighted by Crippen LogP contribution is 2.20. The summed E-state index contributed by atoms with van der Waals surface area (Å²) in [4.78, 5) is 3.83. The second-order valence-electron chi connectivity index (χ2n) is 3.90. The van der Waals surface area contributed by atoms with Crippen molar-refractivity contribution in [2.24, 2.45) is 0 Å². The van der Waals surface area contributed by atoms with Gasteiger partial charge in [0.1, 0.15) is 12.1 Å². The first-order chi connectivity index (χ1) is 8.88. The number of benzene rings is 1. The van der Waals surface area contributed by atoms with Crippen LogP contribution < -0.4 is 5.73 Å². The molecule has 19 heavy (non-hydrogen) atoms. The molecule has 1 heterocycles. The fourth-order valence-corrected chi connectivity index (χ4v) is 1.71. The van der Waals surface area contributed by atoms with E-state index in [0.29, 0.717) is 5.52 Å². The van der Waals surface area contributed by atoms with Crippen LogP contribution in [0, 0.1) is 5.82 Å². The topological polar surface area (TPSA) is 53.1 Å². The smallest absolute Gasteiger partial charge is 0.370 e. The Kier molecular flexibility index (Phi) is 3.61. The molecule has 0 aliphatic heterocycles. The molecule has 0 atom stereocenters. The van der Waals surface area contributed by atoms with Gasteiger partial charge < -0.3 is 15.0 Å². The number of imidazole rings is 1. The fraction of sp³-hybridized carbons (Fsp3) is 0.364. The van der Waals surface area contributed by atoms with E-state index in [0.717, 1.165) is 0 Å². The van der Waals surface area contributed by atoms with Crippen molar-refractivity contribution < 1.29 is 22.3 Å². The molecule has 0 amide bonds.